The smallest absolute Gasteiger partial charge is 0.414 e. The van der Waals surface area contributed by atoms with E-state index in [1.807, 2.05) is 49.5 Å². The number of nitrogens with one attached hydrogen (secondary N) is 1. The fraction of sp³-hybridized carbons (Fsp3) is 0.350. The van der Waals surface area contributed by atoms with Gasteiger partial charge in [0.15, 0.2) is 0 Å². The molecule has 0 spiro atoms. The monoisotopic (exact) mass is 342 g/mol. The molecule has 134 valence electrons. The number of nitrogens with zero attached hydrogens (tertiary/aromatic N) is 1. The van der Waals surface area contributed by atoms with Gasteiger partial charge < -0.3 is 19.7 Å². The summed E-state index contributed by atoms with van der Waals surface area (Å²) in [4.78, 5) is 13.1. The summed E-state index contributed by atoms with van der Waals surface area (Å²) in [6.45, 7) is 2.65. The summed E-state index contributed by atoms with van der Waals surface area (Å²) in [6, 6.07) is 15.7. The highest BCUT2D eigenvalue weighted by atomic mass is 16.6. The maximum atomic E-state index is 11.7. The lowest BCUT2D eigenvalue weighted by molar-refractivity contribution is 0.172. The van der Waals surface area contributed by atoms with Gasteiger partial charge in [0.05, 0.1) is 6.61 Å². The van der Waals surface area contributed by atoms with Crippen molar-refractivity contribution in [2.45, 2.75) is 19.4 Å². The Morgan fingerprint density at radius 2 is 1.84 bits per heavy atom. The molecule has 0 aromatic heterocycles. The minimum atomic E-state index is -0.388. The van der Waals surface area contributed by atoms with Gasteiger partial charge in [-0.3, -0.25) is 0 Å². The fourth-order valence-corrected chi connectivity index (χ4v) is 2.39. The molecular weight excluding hydrogens is 316 g/mol. The van der Waals surface area contributed by atoms with Crippen LogP contribution in [0.1, 0.15) is 23.6 Å². The van der Waals surface area contributed by atoms with Crippen molar-refractivity contribution in [1.82, 2.24) is 10.2 Å². The van der Waals surface area contributed by atoms with Crippen LogP contribution in [0.4, 0.5) is 4.79 Å². The highest BCUT2D eigenvalue weighted by Gasteiger charge is 2.12. The molecule has 2 aromatic carbocycles. The zero-order valence-corrected chi connectivity index (χ0v) is 15.3. The number of hydrogen-bond donors (Lipinski definition) is 1. The number of aryl methyl sites for hydroxylation is 1. The van der Waals surface area contributed by atoms with E-state index in [2.05, 4.69) is 12.2 Å². The van der Waals surface area contributed by atoms with Gasteiger partial charge in [0.25, 0.3) is 0 Å². The fourth-order valence-electron chi connectivity index (χ4n) is 2.39. The molecule has 0 heterocycles. The quantitative estimate of drug-likeness (QED) is 0.832. The molecule has 1 atom stereocenters. The first-order valence-electron chi connectivity index (χ1n) is 8.35. The van der Waals surface area contributed by atoms with Gasteiger partial charge in [-0.15, -0.1) is 0 Å². The first-order chi connectivity index (χ1) is 12.0. The molecule has 0 saturated carbocycles. The number of rotatable bonds is 7. The molecule has 2 rings (SSSR count). The van der Waals surface area contributed by atoms with Gasteiger partial charge in [-0.25, -0.2) is 4.79 Å². The molecule has 1 amide bonds. The van der Waals surface area contributed by atoms with Crippen LogP contribution in [0.2, 0.25) is 0 Å². The molecule has 0 aliphatic heterocycles. The zero-order valence-electron chi connectivity index (χ0n) is 15.3. The maximum Gasteiger partial charge on any atom is 0.414 e. The highest BCUT2D eigenvalue weighted by Crippen LogP contribution is 2.22. The Labute approximate surface area is 149 Å². The lowest BCUT2D eigenvalue weighted by Gasteiger charge is -2.18. The lowest BCUT2D eigenvalue weighted by Crippen LogP contribution is -2.25. The van der Waals surface area contributed by atoms with Crippen LogP contribution in [0.25, 0.3) is 0 Å². The standard InChI is InChI=1S/C20H26N2O3/c1-15-8-10-17(11-9-15)24-13-12-19(21-2)16-6-5-7-18(14-16)25-20(23)22(3)4/h5-11,14,19,21H,12-13H2,1-4H3. The van der Waals surface area contributed by atoms with Gasteiger partial charge in [-0.05, 0) is 43.8 Å². The Kier molecular flexibility index (Phi) is 6.83. The van der Waals surface area contributed by atoms with Gasteiger partial charge in [0, 0.05) is 26.6 Å². The third-order valence-corrected chi connectivity index (χ3v) is 3.88. The summed E-state index contributed by atoms with van der Waals surface area (Å²) in [7, 11) is 5.23. The van der Waals surface area contributed by atoms with Gasteiger partial charge in [-0.1, -0.05) is 29.8 Å². The molecule has 1 unspecified atom stereocenters. The number of hydrogen-bond acceptors (Lipinski definition) is 4. The number of carbonyl (C=O) groups is 1. The number of amides is 1. The lowest BCUT2D eigenvalue weighted by atomic mass is 10.0. The van der Waals surface area contributed by atoms with E-state index in [1.165, 1.54) is 10.5 Å². The third kappa shape index (κ3) is 5.80. The van der Waals surface area contributed by atoms with Crippen molar-refractivity contribution in [3.63, 3.8) is 0 Å². The predicted molar refractivity (Wildman–Crippen MR) is 99.2 cm³/mol. The van der Waals surface area contributed by atoms with Crippen molar-refractivity contribution in [2.24, 2.45) is 0 Å². The number of ether oxygens (including phenoxy) is 2. The normalized spacial score (nSPS) is 11.7. The number of benzene rings is 2. The van der Waals surface area contributed by atoms with E-state index < -0.39 is 0 Å². The van der Waals surface area contributed by atoms with Crippen molar-refractivity contribution >= 4 is 6.09 Å². The van der Waals surface area contributed by atoms with Crippen molar-refractivity contribution in [3.05, 3.63) is 59.7 Å². The second-order valence-electron chi connectivity index (χ2n) is 6.13. The van der Waals surface area contributed by atoms with E-state index in [4.69, 9.17) is 9.47 Å². The molecule has 0 fully saturated rings. The van der Waals surface area contributed by atoms with Crippen LogP contribution in [-0.2, 0) is 0 Å². The van der Waals surface area contributed by atoms with Gasteiger partial charge >= 0.3 is 6.09 Å². The van der Waals surface area contributed by atoms with E-state index >= 15 is 0 Å². The molecule has 0 saturated heterocycles. The second-order valence-corrected chi connectivity index (χ2v) is 6.13. The SMILES string of the molecule is CNC(CCOc1ccc(C)cc1)c1cccc(OC(=O)N(C)C)c1. The van der Waals surface area contributed by atoms with Crippen molar-refractivity contribution in [1.29, 1.82) is 0 Å². The van der Waals surface area contributed by atoms with E-state index in [1.54, 1.807) is 20.2 Å². The molecule has 25 heavy (non-hydrogen) atoms. The Balaban J connectivity index is 1.95. The molecule has 5 nitrogen and oxygen atoms in total. The van der Waals surface area contributed by atoms with E-state index in [0.29, 0.717) is 12.4 Å². The highest BCUT2D eigenvalue weighted by molar-refractivity contribution is 5.70. The molecule has 2 aromatic rings. The summed E-state index contributed by atoms with van der Waals surface area (Å²) in [5.41, 5.74) is 2.27. The van der Waals surface area contributed by atoms with E-state index in [9.17, 15) is 4.79 Å². The minimum absolute atomic E-state index is 0.114. The van der Waals surface area contributed by atoms with Crippen LogP contribution < -0.4 is 14.8 Å². The van der Waals surface area contributed by atoms with Crippen molar-refractivity contribution < 1.29 is 14.3 Å². The molecule has 0 aliphatic rings. The summed E-state index contributed by atoms with van der Waals surface area (Å²) in [5, 5.41) is 3.29. The summed E-state index contributed by atoms with van der Waals surface area (Å²) >= 11 is 0. The summed E-state index contributed by atoms with van der Waals surface area (Å²) in [6.07, 6.45) is 0.413. The zero-order chi connectivity index (χ0) is 18.2. The van der Waals surface area contributed by atoms with Gasteiger partial charge in [0.1, 0.15) is 11.5 Å². The average molecular weight is 342 g/mol. The second kappa shape index (κ2) is 9.08. The number of carbonyl (C=O) groups excluding carboxylic acids is 1. The average Bonchev–Trinajstić information content (AvgIpc) is 2.60. The third-order valence-electron chi connectivity index (χ3n) is 3.88. The van der Waals surface area contributed by atoms with Gasteiger partial charge in [0.2, 0.25) is 0 Å². The molecule has 0 radical (unpaired) electrons. The summed E-state index contributed by atoms with van der Waals surface area (Å²) in [5.74, 6) is 1.41. The van der Waals surface area contributed by atoms with E-state index in [0.717, 1.165) is 17.7 Å². The molecule has 0 bridgehead atoms. The Bertz CT molecular complexity index is 684. The largest absolute Gasteiger partial charge is 0.494 e. The molecule has 5 heteroatoms. The van der Waals surface area contributed by atoms with Crippen LogP contribution in [0.3, 0.4) is 0 Å². The Hall–Kier alpha value is -2.53. The molecular formula is C20H26N2O3. The van der Waals surface area contributed by atoms with Crippen LogP contribution in [0, 0.1) is 6.92 Å². The Morgan fingerprint density at radius 3 is 2.48 bits per heavy atom. The van der Waals surface area contributed by atoms with Crippen molar-refractivity contribution in [3.8, 4) is 11.5 Å². The van der Waals surface area contributed by atoms with Crippen LogP contribution in [0.15, 0.2) is 48.5 Å². The Morgan fingerprint density at radius 1 is 1.12 bits per heavy atom. The first-order valence-corrected chi connectivity index (χ1v) is 8.35. The van der Waals surface area contributed by atoms with E-state index in [-0.39, 0.29) is 12.1 Å². The predicted octanol–water partition coefficient (Wildman–Crippen LogP) is 3.79. The molecule has 1 N–H and O–H groups in total. The van der Waals surface area contributed by atoms with Crippen LogP contribution in [0.5, 0.6) is 11.5 Å². The molecule has 0 aliphatic carbocycles. The van der Waals surface area contributed by atoms with Crippen LogP contribution >= 0.6 is 0 Å². The summed E-state index contributed by atoms with van der Waals surface area (Å²) < 4.78 is 11.1. The van der Waals surface area contributed by atoms with Gasteiger partial charge in [-0.2, -0.15) is 0 Å². The first kappa shape index (κ1) is 18.8. The maximum absolute atomic E-state index is 11.7. The minimum Gasteiger partial charge on any atom is -0.494 e. The topological polar surface area (TPSA) is 50.8 Å². The van der Waals surface area contributed by atoms with Crippen LogP contribution in [-0.4, -0.2) is 38.7 Å². The van der Waals surface area contributed by atoms with Crippen molar-refractivity contribution in [2.75, 3.05) is 27.7 Å².